The molecule has 0 bridgehead atoms. The second kappa shape index (κ2) is 11.5. The highest BCUT2D eigenvalue weighted by molar-refractivity contribution is 5.97. The lowest BCUT2D eigenvalue weighted by atomic mass is 10.1. The van der Waals surface area contributed by atoms with Crippen molar-refractivity contribution in [3.63, 3.8) is 0 Å². The first-order valence-corrected chi connectivity index (χ1v) is 10.8. The predicted octanol–water partition coefficient (Wildman–Crippen LogP) is 3.91. The van der Waals surface area contributed by atoms with Gasteiger partial charge in [0.25, 0.3) is 11.8 Å². The van der Waals surface area contributed by atoms with Crippen LogP contribution in [-0.2, 0) is 0 Å². The lowest BCUT2D eigenvalue weighted by Crippen LogP contribution is -2.23. The van der Waals surface area contributed by atoms with Crippen molar-refractivity contribution in [1.82, 2.24) is 20.6 Å². The number of carbonyl (C=O) groups excluding carboxylic acids is 2. The van der Waals surface area contributed by atoms with Gasteiger partial charge in [-0.2, -0.15) is 13.2 Å². The molecule has 3 rings (SSSR count). The number of halogens is 3. The Bertz CT molecular complexity index is 1340. The average molecular weight is 499 g/mol. The lowest BCUT2D eigenvalue weighted by molar-refractivity contribution is -0.0920. The summed E-state index contributed by atoms with van der Waals surface area (Å²) in [6.45, 7) is 0.686. The molecule has 0 aliphatic heterocycles. The first-order valence-electron chi connectivity index (χ1n) is 10.8. The maximum absolute atomic E-state index is 12.8. The number of nitrogens with zero attached hydrogens (tertiary/aromatic N) is 2. The van der Waals surface area contributed by atoms with E-state index >= 15 is 0 Å². The molecule has 0 aliphatic rings. The van der Waals surface area contributed by atoms with Gasteiger partial charge in [0.1, 0.15) is 17.2 Å². The first-order chi connectivity index (χ1) is 17.1. The molecule has 4 N–H and O–H groups in total. The zero-order valence-electron chi connectivity index (χ0n) is 19.5. The second-order valence-corrected chi connectivity index (χ2v) is 7.60. The fourth-order valence-corrected chi connectivity index (χ4v) is 3.14. The number of rotatable bonds is 8. The van der Waals surface area contributed by atoms with Gasteiger partial charge in [-0.15, -0.1) is 0 Å². The smallest absolute Gasteiger partial charge is 0.412 e. The number of nitrogens with one attached hydrogen (secondary N) is 2. The number of allylic oxidation sites excluding steroid dienone is 1. The van der Waals surface area contributed by atoms with Crippen LogP contribution in [-0.4, -0.2) is 48.1 Å². The first kappa shape index (κ1) is 26.4. The monoisotopic (exact) mass is 499 g/mol. The van der Waals surface area contributed by atoms with Crippen molar-refractivity contribution >= 4 is 22.7 Å². The summed E-state index contributed by atoms with van der Waals surface area (Å²) in [4.78, 5) is 32.6. The van der Waals surface area contributed by atoms with Crippen LogP contribution in [0.4, 0.5) is 13.2 Å². The minimum absolute atomic E-state index is 0.00434. The van der Waals surface area contributed by atoms with Gasteiger partial charge in [0.05, 0.1) is 11.1 Å². The van der Waals surface area contributed by atoms with Gasteiger partial charge in [0.2, 0.25) is 0 Å². The highest BCUT2D eigenvalue weighted by Gasteiger charge is 2.31. The molecule has 1 aromatic carbocycles. The zero-order valence-corrected chi connectivity index (χ0v) is 19.5. The number of hydrogen-bond donors (Lipinski definition) is 3. The number of ether oxygens (including phenoxy) is 1. The summed E-state index contributed by atoms with van der Waals surface area (Å²) in [5.74, 6) is 0.0678. The molecule has 0 unspecified atom stereocenters. The van der Waals surface area contributed by atoms with Crippen LogP contribution in [0.25, 0.3) is 10.9 Å². The number of alkyl halides is 3. The van der Waals surface area contributed by atoms with E-state index in [1.807, 2.05) is 0 Å². The molecular formula is C25H24F3N5O3. The number of pyridine rings is 2. The average Bonchev–Trinajstić information content (AvgIpc) is 2.87. The molecule has 11 heteroatoms. The van der Waals surface area contributed by atoms with Gasteiger partial charge in [-0.05, 0) is 42.8 Å². The third kappa shape index (κ3) is 6.66. The van der Waals surface area contributed by atoms with E-state index in [-0.39, 0.29) is 35.8 Å². The Morgan fingerprint density at radius 1 is 1.08 bits per heavy atom. The lowest BCUT2D eigenvalue weighted by Gasteiger charge is -2.10. The summed E-state index contributed by atoms with van der Waals surface area (Å²) in [5, 5.41) is 5.73. The van der Waals surface area contributed by atoms with Gasteiger partial charge < -0.3 is 21.1 Å². The predicted molar refractivity (Wildman–Crippen MR) is 129 cm³/mol. The molecule has 2 amide bonds. The molecule has 0 saturated heterocycles. The van der Waals surface area contributed by atoms with Crippen molar-refractivity contribution in [3.8, 4) is 11.5 Å². The molecule has 0 spiro atoms. The Hall–Kier alpha value is -4.25. The minimum atomic E-state index is -4.47. The van der Waals surface area contributed by atoms with Crippen molar-refractivity contribution in [2.24, 2.45) is 5.73 Å². The molecule has 2 heterocycles. The van der Waals surface area contributed by atoms with Crippen molar-refractivity contribution < 1.29 is 27.5 Å². The number of hydrogen-bond acceptors (Lipinski definition) is 6. The van der Waals surface area contributed by atoms with Crippen LogP contribution in [0, 0.1) is 0 Å². The minimum Gasteiger partial charge on any atom is -0.457 e. The molecule has 0 saturated carbocycles. The van der Waals surface area contributed by atoms with Crippen molar-refractivity contribution in [2.75, 3.05) is 20.1 Å². The highest BCUT2D eigenvalue weighted by atomic mass is 19.4. The quantitative estimate of drug-likeness (QED) is 0.405. The van der Waals surface area contributed by atoms with Gasteiger partial charge in [0, 0.05) is 49.6 Å². The Morgan fingerprint density at radius 2 is 1.83 bits per heavy atom. The molecule has 188 valence electrons. The Morgan fingerprint density at radius 3 is 2.53 bits per heavy atom. The molecule has 0 atom stereocenters. The molecule has 0 radical (unpaired) electrons. The molecule has 3 aromatic rings. The fourth-order valence-electron chi connectivity index (χ4n) is 3.14. The van der Waals surface area contributed by atoms with Gasteiger partial charge in [0.15, 0.2) is 0 Å². The van der Waals surface area contributed by atoms with E-state index in [1.54, 1.807) is 30.3 Å². The maximum atomic E-state index is 12.8. The summed E-state index contributed by atoms with van der Waals surface area (Å²) in [5.41, 5.74) is 5.66. The van der Waals surface area contributed by atoms with Crippen molar-refractivity contribution in [1.29, 1.82) is 0 Å². The standard InChI is InChI=1S/C25H24F3N5O3/c1-15(25(26,27)28)16(13-29)4-3-8-32-23(34)18-10-17-11-19(5-6-21(17)33-14-18)36-20-7-9-31-22(12-20)24(35)30-2/h3-7,9-12,14H,8,13,29H2,1-2H3,(H,30,35)(H,32,34)/b4-3-,16-15-. The van der Waals surface area contributed by atoms with E-state index in [4.69, 9.17) is 10.5 Å². The number of carbonyl (C=O) groups is 2. The normalized spacial score (nSPS) is 12.4. The van der Waals surface area contributed by atoms with Crippen molar-refractivity contribution in [3.05, 3.63) is 83.3 Å². The molecule has 0 aliphatic carbocycles. The summed E-state index contributed by atoms with van der Waals surface area (Å²) in [7, 11) is 1.50. The number of fused-ring (bicyclic) bond motifs is 1. The van der Waals surface area contributed by atoms with Gasteiger partial charge >= 0.3 is 6.18 Å². The molecule has 36 heavy (non-hydrogen) atoms. The van der Waals surface area contributed by atoms with E-state index < -0.39 is 17.7 Å². The van der Waals surface area contributed by atoms with Gasteiger partial charge in [-0.3, -0.25) is 19.6 Å². The molecule has 2 aromatic heterocycles. The summed E-state index contributed by atoms with van der Waals surface area (Å²) < 4.78 is 44.3. The van der Waals surface area contributed by atoms with E-state index in [2.05, 4.69) is 20.6 Å². The van der Waals surface area contributed by atoms with Crippen LogP contribution in [0.15, 0.2) is 72.1 Å². The zero-order chi connectivity index (χ0) is 26.3. The Balaban J connectivity index is 1.71. The Kier molecular flexibility index (Phi) is 8.38. The topological polar surface area (TPSA) is 119 Å². The fraction of sp³-hybridized carbons (Fsp3) is 0.200. The van der Waals surface area contributed by atoms with Gasteiger partial charge in [-0.25, -0.2) is 0 Å². The maximum Gasteiger partial charge on any atom is 0.412 e. The summed E-state index contributed by atoms with van der Waals surface area (Å²) >= 11 is 0. The third-order valence-electron chi connectivity index (χ3n) is 5.17. The van der Waals surface area contributed by atoms with Crippen molar-refractivity contribution in [2.45, 2.75) is 13.1 Å². The van der Waals surface area contributed by atoms with Crippen LogP contribution in [0.1, 0.15) is 27.8 Å². The van der Waals surface area contributed by atoms with Crippen LogP contribution in [0.5, 0.6) is 11.5 Å². The van der Waals surface area contributed by atoms with Crippen LogP contribution in [0.3, 0.4) is 0 Å². The molecule has 0 fully saturated rings. The SMILES string of the molecule is CNC(=O)c1cc(Oc2ccc3ncc(C(=O)NC/C=C\C(CN)=C(/C)C(F)(F)F)cc3c2)ccn1. The Labute approximate surface area is 205 Å². The largest absolute Gasteiger partial charge is 0.457 e. The summed E-state index contributed by atoms with van der Waals surface area (Å²) in [6.07, 6.45) is 1.04. The summed E-state index contributed by atoms with van der Waals surface area (Å²) in [6, 6.07) is 9.84. The van der Waals surface area contributed by atoms with E-state index in [9.17, 15) is 22.8 Å². The van der Waals surface area contributed by atoms with Gasteiger partial charge in [-0.1, -0.05) is 12.2 Å². The molecule has 8 nitrogen and oxygen atoms in total. The second-order valence-electron chi connectivity index (χ2n) is 7.60. The van der Waals surface area contributed by atoms with E-state index in [0.29, 0.717) is 22.4 Å². The molecular weight excluding hydrogens is 475 g/mol. The van der Waals surface area contributed by atoms with E-state index in [1.165, 1.54) is 37.7 Å². The highest BCUT2D eigenvalue weighted by Crippen LogP contribution is 2.28. The van der Waals surface area contributed by atoms with E-state index in [0.717, 1.165) is 6.92 Å². The van der Waals surface area contributed by atoms with Crippen LogP contribution >= 0.6 is 0 Å². The third-order valence-corrected chi connectivity index (χ3v) is 5.17. The number of nitrogens with two attached hydrogens (primary N) is 1. The van der Waals surface area contributed by atoms with Crippen LogP contribution < -0.4 is 21.1 Å². The number of benzene rings is 1. The number of aromatic nitrogens is 2. The van der Waals surface area contributed by atoms with Crippen LogP contribution in [0.2, 0.25) is 0 Å². The number of amides is 2.